The molecule has 0 aromatic rings. The van der Waals surface area contributed by atoms with Crippen LogP contribution in [0, 0.1) is 21.9 Å². The smallest absolute Gasteiger partial charge is 0.311 e. The van der Waals surface area contributed by atoms with Gasteiger partial charge in [-0.3, -0.25) is 19.7 Å². The Balaban J connectivity index is 3.44. The number of carboxylic acids is 1. The van der Waals surface area contributed by atoms with Crippen molar-refractivity contribution in [2.24, 2.45) is 11.8 Å². The zero-order valence-corrected chi connectivity index (χ0v) is 7.82. The molecular weight excluding hydrogens is 218 g/mol. The maximum absolute atomic E-state index is 10.9. The van der Waals surface area contributed by atoms with Crippen molar-refractivity contribution in [2.45, 2.75) is 0 Å². The van der Waals surface area contributed by atoms with E-state index in [0.29, 0.717) is 6.08 Å². The fourth-order valence-corrected chi connectivity index (χ4v) is 1.30. The van der Waals surface area contributed by atoms with Crippen LogP contribution in [0.15, 0.2) is 23.4 Å². The molecule has 16 heavy (non-hydrogen) atoms. The molecular formula is C9H7NO6. The van der Waals surface area contributed by atoms with Crippen molar-refractivity contribution in [1.29, 1.82) is 0 Å². The van der Waals surface area contributed by atoms with Crippen LogP contribution in [0.4, 0.5) is 0 Å². The van der Waals surface area contributed by atoms with Crippen LogP contribution in [-0.2, 0) is 14.4 Å². The Bertz CT molecular complexity index is 468. The van der Waals surface area contributed by atoms with E-state index >= 15 is 0 Å². The van der Waals surface area contributed by atoms with Gasteiger partial charge in [0.1, 0.15) is 18.5 Å². The minimum Gasteiger partial charge on any atom is -0.481 e. The van der Waals surface area contributed by atoms with E-state index in [0.717, 1.165) is 6.08 Å². The van der Waals surface area contributed by atoms with Crippen LogP contribution in [0.3, 0.4) is 0 Å². The quantitative estimate of drug-likeness (QED) is 0.403. The van der Waals surface area contributed by atoms with Gasteiger partial charge in [0.2, 0.25) is 0 Å². The Morgan fingerprint density at radius 2 is 2.25 bits per heavy atom. The van der Waals surface area contributed by atoms with Gasteiger partial charge in [0, 0.05) is 13.0 Å². The van der Waals surface area contributed by atoms with Crippen LogP contribution in [0.5, 0.6) is 0 Å². The molecule has 2 atom stereocenters. The Hall–Kier alpha value is -2.31. The molecule has 1 aliphatic rings. The van der Waals surface area contributed by atoms with Crippen molar-refractivity contribution in [2.75, 3.05) is 0 Å². The van der Waals surface area contributed by atoms with Gasteiger partial charge >= 0.3 is 5.97 Å². The summed E-state index contributed by atoms with van der Waals surface area (Å²) < 4.78 is 7.58. The number of rotatable bonds is 4. The maximum Gasteiger partial charge on any atom is 0.311 e. The number of nitro groups is 1. The average Bonchev–Trinajstić information content (AvgIpc) is 2.27. The number of carbonyl (C=O) groups is 3. The molecule has 0 aromatic heterocycles. The Morgan fingerprint density at radius 3 is 2.62 bits per heavy atom. The van der Waals surface area contributed by atoms with Gasteiger partial charge in [-0.25, -0.2) is 0 Å². The van der Waals surface area contributed by atoms with Gasteiger partial charge in [-0.05, 0) is 0 Å². The highest BCUT2D eigenvalue weighted by Crippen LogP contribution is 2.27. The largest absolute Gasteiger partial charge is 0.481 e. The molecule has 0 saturated heterocycles. The zero-order chi connectivity index (χ0) is 13.2. The van der Waals surface area contributed by atoms with E-state index in [2.05, 4.69) is 0 Å². The third-order valence-corrected chi connectivity index (χ3v) is 2.02. The Kier molecular flexibility index (Phi) is 2.86. The van der Waals surface area contributed by atoms with E-state index in [9.17, 15) is 24.5 Å². The molecule has 7 nitrogen and oxygen atoms in total. The molecule has 1 rings (SSSR count). The minimum absolute atomic E-state index is 0.0217. The third kappa shape index (κ3) is 2.02. The number of hydrogen-bond donors (Lipinski definition) is 1. The summed E-state index contributed by atoms with van der Waals surface area (Å²) in [5.41, 5.74) is -1.09. The van der Waals surface area contributed by atoms with Crippen molar-refractivity contribution in [3.63, 3.8) is 0 Å². The van der Waals surface area contributed by atoms with E-state index in [1.54, 1.807) is 0 Å². The monoisotopic (exact) mass is 226 g/mol. The number of nitrogens with zero attached hydrogens (tertiary/aromatic N) is 1. The van der Waals surface area contributed by atoms with Crippen LogP contribution in [0.25, 0.3) is 0 Å². The second-order valence-corrected chi connectivity index (χ2v) is 2.96. The van der Waals surface area contributed by atoms with Crippen molar-refractivity contribution in [3.8, 4) is 0 Å². The molecule has 0 fully saturated rings. The van der Waals surface area contributed by atoms with Crippen molar-refractivity contribution in [3.05, 3.63) is 33.5 Å². The fraction of sp³-hybridized carbons (Fsp3) is 0.222. The van der Waals surface area contributed by atoms with Crippen LogP contribution in [0.2, 0.25) is 0 Å². The van der Waals surface area contributed by atoms with E-state index < -0.39 is 28.4 Å². The molecule has 0 heterocycles. The van der Waals surface area contributed by atoms with Gasteiger partial charge in [0.15, 0.2) is 0 Å². The summed E-state index contributed by atoms with van der Waals surface area (Å²) in [6.45, 7) is 0. The Morgan fingerprint density at radius 1 is 1.62 bits per heavy atom. The first kappa shape index (κ1) is 10.2. The normalized spacial score (nSPS) is 29.5. The number of carboxylic acid groups (broad SMARTS) is 1. The SMILES string of the molecule is [2H]C1(C(=O)O)C=C(C=O)C=C([N+](=O)[O-])C1C=O. The molecule has 0 amide bonds. The lowest BCUT2D eigenvalue weighted by molar-refractivity contribution is -0.432. The lowest BCUT2D eigenvalue weighted by Crippen LogP contribution is -2.30. The first-order valence-corrected chi connectivity index (χ1v) is 4.09. The van der Waals surface area contributed by atoms with Gasteiger partial charge in [-0.1, -0.05) is 6.08 Å². The number of allylic oxidation sites excluding steroid dienone is 3. The maximum atomic E-state index is 10.9. The average molecular weight is 226 g/mol. The lowest BCUT2D eigenvalue weighted by Gasteiger charge is -2.17. The highest BCUT2D eigenvalue weighted by Gasteiger charge is 2.38. The number of hydrogen-bond acceptors (Lipinski definition) is 5. The van der Waals surface area contributed by atoms with E-state index in [1.165, 1.54) is 0 Å². The summed E-state index contributed by atoms with van der Waals surface area (Å²) in [5.74, 6) is -6.02. The number of aldehydes is 2. The minimum atomic E-state index is -2.53. The molecule has 1 N–H and O–H groups in total. The van der Waals surface area contributed by atoms with Gasteiger partial charge in [-0.15, -0.1) is 0 Å². The molecule has 0 bridgehead atoms. The van der Waals surface area contributed by atoms with Gasteiger partial charge < -0.3 is 9.90 Å². The number of carbonyl (C=O) groups excluding carboxylic acids is 2. The van der Waals surface area contributed by atoms with Gasteiger partial charge in [0.05, 0.1) is 10.8 Å². The predicted octanol–water partition coefficient (Wildman–Crippen LogP) is -0.198. The van der Waals surface area contributed by atoms with Gasteiger partial charge in [0.25, 0.3) is 5.70 Å². The molecule has 0 aromatic carbocycles. The van der Waals surface area contributed by atoms with Crippen molar-refractivity contribution < 1.29 is 25.8 Å². The zero-order valence-electron chi connectivity index (χ0n) is 8.82. The first-order valence-electron chi connectivity index (χ1n) is 4.59. The topological polar surface area (TPSA) is 115 Å². The van der Waals surface area contributed by atoms with E-state index in [1.807, 2.05) is 0 Å². The first-order chi connectivity index (χ1) is 7.86. The summed E-state index contributed by atoms with van der Waals surface area (Å²) >= 11 is 0. The highest BCUT2D eigenvalue weighted by atomic mass is 16.6. The molecule has 0 spiro atoms. The molecule has 7 heteroatoms. The molecule has 2 unspecified atom stereocenters. The van der Waals surface area contributed by atoms with Crippen molar-refractivity contribution in [1.82, 2.24) is 0 Å². The summed E-state index contributed by atoms with van der Waals surface area (Å²) in [6.07, 6.45) is 1.72. The summed E-state index contributed by atoms with van der Waals surface area (Å²) in [5, 5.41) is 19.5. The molecule has 0 aliphatic heterocycles. The predicted molar refractivity (Wildman–Crippen MR) is 49.9 cm³/mol. The second kappa shape index (κ2) is 4.47. The highest BCUT2D eigenvalue weighted by molar-refractivity contribution is 5.85. The van der Waals surface area contributed by atoms with Crippen LogP contribution >= 0.6 is 0 Å². The van der Waals surface area contributed by atoms with E-state index in [-0.39, 0.29) is 18.1 Å². The molecule has 1 aliphatic carbocycles. The van der Waals surface area contributed by atoms with Crippen LogP contribution < -0.4 is 0 Å². The summed E-state index contributed by atoms with van der Waals surface area (Å²) in [6, 6.07) is 0. The molecule has 84 valence electrons. The standard InChI is InChI=1S/C9H7NO6/c11-3-5-1-6(9(13)14)7(4-12)8(2-5)10(15)16/h1-4,6-7H,(H,13,14)/i6D. The van der Waals surface area contributed by atoms with Crippen LogP contribution in [-0.4, -0.2) is 28.6 Å². The van der Waals surface area contributed by atoms with E-state index in [4.69, 9.17) is 6.48 Å². The summed E-state index contributed by atoms with van der Waals surface area (Å²) in [4.78, 5) is 41.9. The Labute approximate surface area is 90.6 Å². The lowest BCUT2D eigenvalue weighted by atomic mass is 9.84. The molecule has 0 saturated carbocycles. The number of aliphatic carboxylic acids is 1. The van der Waals surface area contributed by atoms with Crippen molar-refractivity contribution >= 4 is 18.5 Å². The summed E-state index contributed by atoms with van der Waals surface area (Å²) in [7, 11) is 0. The third-order valence-electron chi connectivity index (χ3n) is 2.02. The molecule has 0 radical (unpaired) electrons. The van der Waals surface area contributed by atoms with Gasteiger partial charge in [-0.2, -0.15) is 0 Å². The fourth-order valence-electron chi connectivity index (χ4n) is 1.30. The van der Waals surface area contributed by atoms with Crippen LogP contribution in [0.1, 0.15) is 1.37 Å². The second-order valence-electron chi connectivity index (χ2n) is 2.96.